The van der Waals surface area contributed by atoms with Crippen molar-refractivity contribution in [1.29, 1.82) is 0 Å². The Hall–Kier alpha value is -2.40. The first-order valence-corrected chi connectivity index (χ1v) is 7.47. The van der Waals surface area contributed by atoms with Gasteiger partial charge < -0.3 is 9.47 Å². The number of nitrogens with zero attached hydrogens (tertiary/aromatic N) is 1. The van der Waals surface area contributed by atoms with Gasteiger partial charge in [0.25, 0.3) is 0 Å². The van der Waals surface area contributed by atoms with Crippen molar-refractivity contribution in [2.75, 3.05) is 13.2 Å². The Morgan fingerprint density at radius 3 is 2.81 bits per heavy atom. The molecule has 21 heavy (non-hydrogen) atoms. The summed E-state index contributed by atoms with van der Waals surface area (Å²) in [5.41, 5.74) is 2.08. The number of rotatable bonds is 2. The number of ketones is 1. The lowest BCUT2D eigenvalue weighted by Crippen LogP contribution is -2.15. The Labute approximate surface area is 125 Å². The van der Waals surface area contributed by atoms with Gasteiger partial charge in [-0.05, 0) is 35.7 Å². The van der Waals surface area contributed by atoms with Crippen LogP contribution >= 0.6 is 11.3 Å². The highest BCUT2D eigenvalue weighted by Crippen LogP contribution is 2.31. The molecule has 0 atom stereocenters. The van der Waals surface area contributed by atoms with E-state index in [9.17, 15) is 4.79 Å². The average molecular weight is 297 g/mol. The van der Waals surface area contributed by atoms with E-state index in [1.54, 1.807) is 35.7 Å². The average Bonchev–Trinajstić information content (AvgIpc) is 3.01. The molecule has 0 amide bonds. The van der Waals surface area contributed by atoms with Crippen LogP contribution in [0.25, 0.3) is 10.2 Å². The second-order valence-electron chi connectivity index (χ2n) is 4.72. The van der Waals surface area contributed by atoms with Crippen LogP contribution in [0.1, 0.15) is 15.9 Å². The number of ether oxygens (including phenoxy) is 2. The number of fused-ring (bicyclic) bond motifs is 2. The summed E-state index contributed by atoms with van der Waals surface area (Å²) in [6, 6.07) is 9.09. The van der Waals surface area contributed by atoms with Crippen LogP contribution in [-0.2, 0) is 0 Å². The van der Waals surface area contributed by atoms with E-state index in [-0.39, 0.29) is 5.78 Å². The summed E-state index contributed by atoms with van der Waals surface area (Å²) in [5.74, 6) is 1.25. The first-order valence-electron chi connectivity index (χ1n) is 6.59. The third-order valence-corrected chi connectivity index (χ3v) is 4.22. The van der Waals surface area contributed by atoms with E-state index in [1.807, 2.05) is 17.5 Å². The Morgan fingerprint density at radius 1 is 1.05 bits per heavy atom. The Balaban J connectivity index is 1.73. The number of hydrogen-bond donors (Lipinski definition) is 0. The lowest BCUT2D eigenvalue weighted by molar-refractivity contribution is 0.103. The first kappa shape index (κ1) is 12.3. The normalized spacial score (nSPS) is 13.3. The van der Waals surface area contributed by atoms with E-state index in [0.717, 1.165) is 10.2 Å². The van der Waals surface area contributed by atoms with Crippen LogP contribution in [0.4, 0.5) is 0 Å². The number of benzene rings is 1. The van der Waals surface area contributed by atoms with Crippen molar-refractivity contribution in [1.82, 2.24) is 4.98 Å². The van der Waals surface area contributed by atoms with Crippen molar-refractivity contribution in [3.63, 3.8) is 0 Å². The quantitative estimate of drug-likeness (QED) is 0.681. The molecule has 4 rings (SSSR count). The van der Waals surface area contributed by atoms with Crippen LogP contribution in [-0.4, -0.2) is 24.0 Å². The second kappa shape index (κ2) is 4.86. The standard InChI is InChI=1S/C16H11NO3S/c18-16(11-8-15-12(17-9-11)3-6-21-15)10-1-2-13-14(7-10)20-5-4-19-13/h1-3,6-9H,4-5H2. The summed E-state index contributed by atoms with van der Waals surface area (Å²) >= 11 is 1.58. The van der Waals surface area contributed by atoms with Crippen LogP contribution in [0.15, 0.2) is 41.9 Å². The molecule has 0 unspecified atom stereocenters. The summed E-state index contributed by atoms with van der Waals surface area (Å²) in [6.45, 7) is 1.05. The minimum Gasteiger partial charge on any atom is -0.486 e. The summed E-state index contributed by atoms with van der Waals surface area (Å²) < 4.78 is 12.0. The molecular weight excluding hydrogens is 286 g/mol. The monoisotopic (exact) mass is 297 g/mol. The summed E-state index contributed by atoms with van der Waals surface area (Å²) in [6.07, 6.45) is 1.62. The Bertz CT molecular complexity index is 840. The highest BCUT2D eigenvalue weighted by Gasteiger charge is 2.16. The fourth-order valence-corrected chi connectivity index (χ4v) is 3.10. The number of pyridine rings is 1. The van der Waals surface area contributed by atoms with Gasteiger partial charge in [0.1, 0.15) is 13.2 Å². The molecule has 1 aromatic carbocycles. The molecule has 1 aliphatic rings. The van der Waals surface area contributed by atoms with Gasteiger partial charge in [0.2, 0.25) is 0 Å². The van der Waals surface area contributed by atoms with Crippen LogP contribution in [0, 0.1) is 0 Å². The zero-order valence-corrected chi connectivity index (χ0v) is 11.9. The molecule has 0 saturated carbocycles. The highest BCUT2D eigenvalue weighted by atomic mass is 32.1. The van der Waals surface area contributed by atoms with Gasteiger partial charge >= 0.3 is 0 Å². The molecule has 3 heterocycles. The predicted octanol–water partition coefficient (Wildman–Crippen LogP) is 3.30. The molecule has 3 aromatic rings. The fourth-order valence-electron chi connectivity index (χ4n) is 2.32. The summed E-state index contributed by atoms with van der Waals surface area (Å²) in [7, 11) is 0. The smallest absolute Gasteiger partial charge is 0.194 e. The maximum atomic E-state index is 12.6. The van der Waals surface area contributed by atoms with Crippen molar-refractivity contribution in [2.24, 2.45) is 0 Å². The van der Waals surface area contributed by atoms with Gasteiger partial charge in [-0.25, -0.2) is 0 Å². The molecule has 1 aliphatic heterocycles. The zero-order valence-electron chi connectivity index (χ0n) is 11.0. The molecule has 2 aromatic heterocycles. The number of thiophene rings is 1. The van der Waals surface area contributed by atoms with Crippen LogP contribution in [0.3, 0.4) is 0 Å². The Kier molecular flexibility index (Phi) is 2.86. The molecule has 0 fully saturated rings. The van der Waals surface area contributed by atoms with E-state index in [1.165, 1.54) is 0 Å². The van der Waals surface area contributed by atoms with E-state index in [4.69, 9.17) is 9.47 Å². The van der Waals surface area contributed by atoms with E-state index >= 15 is 0 Å². The molecule has 104 valence electrons. The third-order valence-electron chi connectivity index (χ3n) is 3.37. The number of carbonyl (C=O) groups excluding carboxylic acids is 1. The molecular formula is C16H11NO3S. The van der Waals surface area contributed by atoms with Crippen LogP contribution < -0.4 is 9.47 Å². The van der Waals surface area contributed by atoms with Gasteiger partial charge in [-0.1, -0.05) is 0 Å². The lowest BCUT2D eigenvalue weighted by atomic mass is 10.0. The van der Waals surface area contributed by atoms with E-state index in [0.29, 0.717) is 35.8 Å². The van der Waals surface area contributed by atoms with Crippen LogP contribution in [0.2, 0.25) is 0 Å². The van der Waals surface area contributed by atoms with Gasteiger partial charge in [-0.2, -0.15) is 0 Å². The zero-order chi connectivity index (χ0) is 14.2. The molecule has 0 saturated heterocycles. The van der Waals surface area contributed by atoms with Crippen molar-refractivity contribution in [3.05, 3.63) is 53.0 Å². The van der Waals surface area contributed by atoms with Crippen molar-refractivity contribution >= 4 is 27.3 Å². The van der Waals surface area contributed by atoms with Gasteiger partial charge in [-0.15, -0.1) is 11.3 Å². The SMILES string of the molecule is O=C(c1ccc2c(c1)OCCO2)c1cnc2ccsc2c1. The number of aromatic nitrogens is 1. The molecule has 0 radical (unpaired) electrons. The van der Waals surface area contributed by atoms with Gasteiger partial charge in [0.05, 0.1) is 10.2 Å². The number of carbonyl (C=O) groups is 1. The van der Waals surface area contributed by atoms with Gasteiger partial charge in [-0.3, -0.25) is 9.78 Å². The minimum absolute atomic E-state index is 0.0604. The largest absolute Gasteiger partial charge is 0.486 e. The van der Waals surface area contributed by atoms with Crippen molar-refractivity contribution in [3.8, 4) is 11.5 Å². The van der Waals surface area contributed by atoms with Gasteiger partial charge in [0, 0.05) is 17.3 Å². The second-order valence-corrected chi connectivity index (χ2v) is 5.66. The molecule has 0 aliphatic carbocycles. The molecule has 5 heteroatoms. The highest BCUT2D eigenvalue weighted by molar-refractivity contribution is 7.17. The molecule has 0 N–H and O–H groups in total. The topological polar surface area (TPSA) is 48.4 Å². The fraction of sp³-hybridized carbons (Fsp3) is 0.125. The van der Waals surface area contributed by atoms with Crippen molar-refractivity contribution < 1.29 is 14.3 Å². The summed E-state index contributed by atoms with van der Waals surface area (Å²) in [5, 5.41) is 1.97. The minimum atomic E-state index is -0.0604. The predicted molar refractivity (Wildman–Crippen MR) is 80.5 cm³/mol. The van der Waals surface area contributed by atoms with E-state index in [2.05, 4.69) is 4.98 Å². The first-order chi connectivity index (χ1) is 10.3. The Morgan fingerprint density at radius 2 is 1.90 bits per heavy atom. The molecule has 0 bridgehead atoms. The van der Waals surface area contributed by atoms with E-state index < -0.39 is 0 Å². The van der Waals surface area contributed by atoms with Crippen LogP contribution in [0.5, 0.6) is 11.5 Å². The van der Waals surface area contributed by atoms with Gasteiger partial charge in [0.15, 0.2) is 17.3 Å². The summed E-state index contributed by atoms with van der Waals surface area (Å²) in [4.78, 5) is 16.9. The number of hydrogen-bond acceptors (Lipinski definition) is 5. The maximum Gasteiger partial charge on any atom is 0.194 e. The lowest BCUT2D eigenvalue weighted by Gasteiger charge is -2.18. The maximum absolute atomic E-state index is 12.6. The molecule has 0 spiro atoms. The van der Waals surface area contributed by atoms with Crippen molar-refractivity contribution in [2.45, 2.75) is 0 Å². The molecule has 4 nitrogen and oxygen atoms in total. The third kappa shape index (κ3) is 2.15.